The first-order valence-electron chi connectivity index (χ1n) is 16.5. The number of amides is 3. The van der Waals surface area contributed by atoms with Gasteiger partial charge in [-0.05, 0) is 97.3 Å². The van der Waals surface area contributed by atoms with Gasteiger partial charge in [0.25, 0.3) is 17.5 Å². The zero-order valence-electron chi connectivity index (χ0n) is 28.0. The van der Waals surface area contributed by atoms with E-state index in [4.69, 9.17) is 0 Å². The highest BCUT2D eigenvalue weighted by Crippen LogP contribution is 2.42. The first-order valence-corrected chi connectivity index (χ1v) is 18.2. The van der Waals surface area contributed by atoms with Crippen molar-refractivity contribution in [2.24, 2.45) is 0 Å². The van der Waals surface area contributed by atoms with Crippen LogP contribution in [0.25, 0.3) is 6.08 Å². The Bertz CT molecular complexity index is 2200. The Morgan fingerprint density at radius 3 is 2.37 bits per heavy atom. The molecule has 1 aliphatic rings. The molecule has 2 atom stereocenters. The summed E-state index contributed by atoms with van der Waals surface area (Å²) >= 11 is 2.78. The molecule has 2 unspecified atom stereocenters. The molecule has 6 rings (SSSR count). The molecular formula is C40H33N5O5S2. The molecule has 10 nitrogen and oxygen atoms in total. The minimum Gasteiger partial charge on any atom is -0.321 e. The third-order valence-corrected chi connectivity index (χ3v) is 10.9. The van der Waals surface area contributed by atoms with Crippen LogP contribution >= 0.6 is 23.1 Å². The Morgan fingerprint density at radius 1 is 0.962 bits per heavy atom. The molecule has 3 N–H and O–H groups in total. The van der Waals surface area contributed by atoms with Gasteiger partial charge in [-0.1, -0.05) is 54.6 Å². The molecule has 0 spiro atoms. The van der Waals surface area contributed by atoms with E-state index in [-0.39, 0.29) is 17.3 Å². The summed E-state index contributed by atoms with van der Waals surface area (Å²) in [6, 6.07) is 33.7. The highest BCUT2D eigenvalue weighted by molar-refractivity contribution is 8.00. The average molecular weight is 728 g/mol. The molecule has 0 bridgehead atoms. The third-order valence-electron chi connectivity index (χ3n) is 8.60. The number of rotatable bonds is 11. The molecule has 0 saturated heterocycles. The Kier molecular flexibility index (Phi) is 11.2. The van der Waals surface area contributed by atoms with Gasteiger partial charge in [0.1, 0.15) is 16.8 Å². The Balaban J connectivity index is 1.13. The number of nitro groups is 1. The largest absolute Gasteiger partial charge is 0.321 e. The molecule has 1 heterocycles. The van der Waals surface area contributed by atoms with Crippen LogP contribution in [0.2, 0.25) is 0 Å². The standard InChI is InChI=1S/C40H33N5O5S2/c1-25(37(46)44-40-34(24-41)33-20-17-29(22-36(33)52-40)27-9-4-2-5-10-27)51-32-14-8-13-30(23-32)42-39(48)35(43-38(47)28-11-6-3-7-12-28)21-26-15-18-31(19-16-26)45(49)50/h2-16,18-19,21,23,25,29H,17,20,22H2,1H3,(H,42,48)(H,43,47)(H,44,46)/b35-21+. The van der Waals surface area contributed by atoms with E-state index in [0.717, 1.165) is 29.7 Å². The van der Waals surface area contributed by atoms with Gasteiger partial charge in [-0.2, -0.15) is 5.26 Å². The number of carbonyl (C=O) groups is 3. The first kappa shape index (κ1) is 35.8. The number of nitrogens with zero attached hydrogens (tertiary/aromatic N) is 2. The number of non-ortho nitro benzene ring substituents is 1. The van der Waals surface area contributed by atoms with Crippen LogP contribution in [0.1, 0.15) is 56.8 Å². The number of benzene rings is 4. The second-order valence-electron chi connectivity index (χ2n) is 12.1. The van der Waals surface area contributed by atoms with Gasteiger partial charge in [0.15, 0.2) is 0 Å². The maximum atomic E-state index is 13.6. The van der Waals surface area contributed by atoms with Crippen LogP contribution in [0.3, 0.4) is 0 Å². The molecule has 0 aliphatic heterocycles. The first-order chi connectivity index (χ1) is 25.2. The summed E-state index contributed by atoms with van der Waals surface area (Å²) in [5.74, 6) is -0.990. The van der Waals surface area contributed by atoms with Gasteiger partial charge in [0, 0.05) is 33.2 Å². The quantitative estimate of drug-likeness (QED) is 0.0535. The van der Waals surface area contributed by atoms with Crippen molar-refractivity contribution in [3.05, 3.63) is 158 Å². The monoisotopic (exact) mass is 727 g/mol. The number of carbonyl (C=O) groups excluding carboxylic acids is 3. The smallest absolute Gasteiger partial charge is 0.272 e. The van der Waals surface area contributed by atoms with Crippen molar-refractivity contribution < 1.29 is 19.3 Å². The second-order valence-corrected chi connectivity index (χ2v) is 14.6. The van der Waals surface area contributed by atoms with Gasteiger partial charge in [-0.25, -0.2) is 0 Å². The summed E-state index contributed by atoms with van der Waals surface area (Å²) in [5, 5.41) is 29.6. The molecule has 4 aromatic carbocycles. The molecule has 0 radical (unpaired) electrons. The van der Waals surface area contributed by atoms with Gasteiger partial charge in [0.05, 0.1) is 15.7 Å². The second kappa shape index (κ2) is 16.3. The molecule has 0 saturated carbocycles. The number of anilines is 2. The number of hydrogen-bond donors (Lipinski definition) is 3. The zero-order chi connectivity index (χ0) is 36.6. The fraction of sp³-hybridized carbons (Fsp3) is 0.150. The third kappa shape index (κ3) is 8.63. The van der Waals surface area contributed by atoms with E-state index in [1.54, 1.807) is 55.5 Å². The lowest BCUT2D eigenvalue weighted by atomic mass is 9.83. The van der Waals surface area contributed by atoms with Crippen LogP contribution in [-0.2, 0) is 22.4 Å². The molecule has 5 aromatic rings. The van der Waals surface area contributed by atoms with Crippen molar-refractivity contribution in [2.45, 2.75) is 42.2 Å². The van der Waals surface area contributed by atoms with Gasteiger partial charge >= 0.3 is 0 Å². The van der Waals surface area contributed by atoms with Crippen LogP contribution in [0.5, 0.6) is 0 Å². The topological polar surface area (TPSA) is 154 Å². The van der Waals surface area contributed by atoms with E-state index in [1.165, 1.54) is 59.0 Å². The average Bonchev–Trinajstić information content (AvgIpc) is 3.51. The van der Waals surface area contributed by atoms with Crippen molar-refractivity contribution in [1.29, 1.82) is 5.26 Å². The number of thiophene rings is 1. The van der Waals surface area contributed by atoms with E-state index >= 15 is 0 Å². The minimum atomic E-state index is -0.615. The van der Waals surface area contributed by atoms with Crippen LogP contribution in [0.4, 0.5) is 16.4 Å². The van der Waals surface area contributed by atoms with Crippen LogP contribution in [-0.4, -0.2) is 27.9 Å². The summed E-state index contributed by atoms with van der Waals surface area (Å²) < 4.78 is 0. The van der Waals surface area contributed by atoms with Gasteiger partial charge in [-0.15, -0.1) is 23.1 Å². The predicted octanol–water partition coefficient (Wildman–Crippen LogP) is 8.33. The number of fused-ring (bicyclic) bond motifs is 1. The SMILES string of the molecule is CC(Sc1cccc(NC(=O)/C(=C\c2ccc([N+](=O)[O-])cc2)NC(=O)c2ccccc2)c1)C(=O)Nc1sc2c(c1C#N)CCC(c1ccccc1)C2. The minimum absolute atomic E-state index is 0.0736. The Morgan fingerprint density at radius 2 is 1.67 bits per heavy atom. The van der Waals surface area contributed by atoms with Gasteiger partial charge in [0.2, 0.25) is 5.91 Å². The van der Waals surface area contributed by atoms with Crippen molar-refractivity contribution in [3.63, 3.8) is 0 Å². The van der Waals surface area contributed by atoms with E-state index < -0.39 is 22.0 Å². The van der Waals surface area contributed by atoms with Crippen molar-refractivity contribution in [1.82, 2.24) is 5.32 Å². The van der Waals surface area contributed by atoms with Crippen LogP contribution < -0.4 is 16.0 Å². The maximum absolute atomic E-state index is 13.6. The summed E-state index contributed by atoms with van der Waals surface area (Å²) in [4.78, 5) is 52.4. The number of thioether (sulfide) groups is 1. The number of nitriles is 1. The van der Waals surface area contributed by atoms with E-state index in [0.29, 0.717) is 38.2 Å². The molecule has 1 aromatic heterocycles. The molecular weight excluding hydrogens is 695 g/mol. The number of nitro benzene ring substituents is 1. The Hall–Kier alpha value is -6.03. The normalized spacial score (nSPS) is 14.3. The molecule has 52 heavy (non-hydrogen) atoms. The van der Waals surface area contributed by atoms with Crippen LogP contribution in [0, 0.1) is 21.4 Å². The van der Waals surface area contributed by atoms with Crippen molar-refractivity contribution in [2.75, 3.05) is 10.6 Å². The van der Waals surface area contributed by atoms with Gasteiger partial charge < -0.3 is 16.0 Å². The van der Waals surface area contributed by atoms with Crippen LogP contribution in [0.15, 0.2) is 120 Å². The number of nitrogens with one attached hydrogen (secondary N) is 3. The lowest BCUT2D eigenvalue weighted by molar-refractivity contribution is -0.384. The zero-order valence-corrected chi connectivity index (χ0v) is 29.6. The van der Waals surface area contributed by atoms with Gasteiger partial charge in [-0.3, -0.25) is 24.5 Å². The fourth-order valence-corrected chi connectivity index (χ4v) is 8.13. The molecule has 0 fully saturated rings. The molecule has 1 aliphatic carbocycles. The molecule has 12 heteroatoms. The highest BCUT2D eigenvalue weighted by Gasteiger charge is 2.28. The number of hydrogen-bond acceptors (Lipinski definition) is 8. The summed E-state index contributed by atoms with van der Waals surface area (Å²) in [6.45, 7) is 1.78. The summed E-state index contributed by atoms with van der Waals surface area (Å²) in [6.07, 6.45) is 4.00. The maximum Gasteiger partial charge on any atom is 0.272 e. The van der Waals surface area contributed by atoms with Crippen molar-refractivity contribution in [3.8, 4) is 6.07 Å². The van der Waals surface area contributed by atoms with E-state index in [1.807, 2.05) is 24.3 Å². The lowest BCUT2D eigenvalue weighted by Gasteiger charge is -2.22. The summed E-state index contributed by atoms with van der Waals surface area (Å²) in [7, 11) is 0. The lowest BCUT2D eigenvalue weighted by Crippen LogP contribution is -2.30. The van der Waals surface area contributed by atoms with E-state index in [9.17, 15) is 29.8 Å². The highest BCUT2D eigenvalue weighted by atomic mass is 32.2. The van der Waals surface area contributed by atoms with E-state index in [2.05, 4.69) is 34.2 Å². The fourth-order valence-electron chi connectivity index (χ4n) is 5.92. The summed E-state index contributed by atoms with van der Waals surface area (Å²) in [5.41, 5.74) is 3.91. The van der Waals surface area contributed by atoms with Crippen molar-refractivity contribution >= 4 is 63.3 Å². The molecule has 260 valence electrons. The predicted molar refractivity (Wildman–Crippen MR) is 204 cm³/mol. The molecule has 3 amide bonds. The Labute approximate surface area is 308 Å².